The summed E-state index contributed by atoms with van der Waals surface area (Å²) in [7, 11) is 0. The molecule has 0 saturated heterocycles. The average molecular weight is 425 g/mol. The number of aromatic hydroxyl groups is 1. The van der Waals surface area contributed by atoms with Crippen LogP contribution in [-0.4, -0.2) is 17.1 Å². The second-order valence-electron chi connectivity index (χ2n) is 7.67. The lowest BCUT2D eigenvalue weighted by atomic mass is 10.0. The Morgan fingerprint density at radius 1 is 0.938 bits per heavy atom. The fraction of sp³-hybridized carbons (Fsp3) is 0.115. The molecule has 0 aliphatic carbocycles. The quantitative estimate of drug-likeness (QED) is 0.253. The number of amides is 1. The van der Waals surface area contributed by atoms with E-state index in [0.717, 1.165) is 11.1 Å². The molecule has 0 unspecified atom stereocenters. The molecule has 0 aromatic heterocycles. The molecule has 160 valence electrons. The number of benzene rings is 4. The second kappa shape index (κ2) is 9.31. The Morgan fingerprint density at radius 3 is 2.38 bits per heavy atom. The van der Waals surface area contributed by atoms with Crippen LogP contribution in [0.5, 0.6) is 5.75 Å². The molecule has 1 amide bonds. The van der Waals surface area contributed by atoms with Crippen LogP contribution in [0.3, 0.4) is 0 Å². The Balaban J connectivity index is 1.69. The Kier molecular flexibility index (Phi) is 6.12. The van der Waals surface area contributed by atoms with Crippen molar-refractivity contribution < 1.29 is 9.90 Å². The summed E-state index contributed by atoms with van der Waals surface area (Å²) in [6.45, 7) is 1.95. The molecule has 0 spiro atoms. The third-order valence-corrected chi connectivity index (χ3v) is 5.31. The molecule has 4 aromatic carbocycles. The summed E-state index contributed by atoms with van der Waals surface area (Å²) in [6.07, 6.45) is 0.384. The summed E-state index contributed by atoms with van der Waals surface area (Å²) >= 11 is 0. The summed E-state index contributed by atoms with van der Waals surface area (Å²) < 4.78 is 0. The van der Waals surface area contributed by atoms with Crippen molar-refractivity contribution >= 4 is 33.7 Å². The zero-order chi connectivity index (χ0) is 22.5. The minimum absolute atomic E-state index is 0.0329. The topological polar surface area (TPSA) is 90.8 Å². The Labute approximate surface area is 185 Å². The lowest BCUT2D eigenvalue weighted by Crippen LogP contribution is -2.36. The van der Waals surface area contributed by atoms with Gasteiger partial charge in [0.15, 0.2) is 0 Å². The number of nitroso groups, excluding NO2 is 1. The number of hydrogen-bond donors (Lipinski definition) is 3. The summed E-state index contributed by atoms with van der Waals surface area (Å²) in [5, 5.41) is 21.1. The van der Waals surface area contributed by atoms with Crippen LogP contribution < -0.4 is 10.6 Å². The van der Waals surface area contributed by atoms with E-state index in [-0.39, 0.29) is 23.0 Å². The van der Waals surface area contributed by atoms with Crippen LogP contribution in [0.1, 0.15) is 11.1 Å². The zero-order valence-corrected chi connectivity index (χ0v) is 17.6. The van der Waals surface area contributed by atoms with Crippen molar-refractivity contribution in [3.05, 3.63) is 101 Å². The molecule has 1 atom stereocenters. The number of hydrogen-bond acceptors (Lipinski definition) is 5. The summed E-state index contributed by atoms with van der Waals surface area (Å²) in [6, 6.07) is 24.9. The van der Waals surface area contributed by atoms with Gasteiger partial charge in [0.25, 0.3) is 0 Å². The van der Waals surface area contributed by atoms with Gasteiger partial charge in [-0.3, -0.25) is 4.79 Å². The van der Waals surface area contributed by atoms with Crippen LogP contribution in [0.2, 0.25) is 0 Å². The maximum atomic E-state index is 13.2. The first kappa shape index (κ1) is 21.1. The minimum atomic E-state index is -0.704. The number of carbonyl (C=O) groups excluding carboxylic acids is 1. The Morgan fingerprint density at radius 2 is 1.66 bits per heavy atom. The fourth-order valence-corrected chi connectivity index (χ4v) is 3.73. The van der Waals surface area contributed by atoms with Crippen LogP contribution >= 0.6 is 0 Å². The number of fused-ring (bicyclic) bond motifs is 1. The van der Waals surface area contributed by atoms with Crippen LogP contribution in [0.25, 0.3) is 10.8 Å². The van der Waals surface area contributed by atoms with Crippen LogP contribution in [-0.2, 0) is 11.2 Å². The second-order valence-corrected chi connectivity index (χ2v) is 7.67. The summed E-state index contributed by atoms with van der Waals surface area (Å²) in [4.78, 5) is 24.7. The lowest BCUT2D eigenvalue weighted by molar-refractivity contribution is -0.116. The zero-order valence-electron chi connectivity index (χ0n) is 17.6. The highest BCUT2D eigenvalue weighted by molar-refractivity contribution is 6.02. The number of aryl methyl sites for hydroxylation is 1. The number of anilines is 2. The van der Waals surface area contributed by atoms with Crippen LogP contribution in [0, 0.1) is 11.8 Å². The number of nitrogens with one attached hydrogen (secondary N) is 2. The van der Waals surface area contributed by atoms with Crippen molar-refractivity contribution in [1.29, 1.82) is 0 Å². The normalized spacial score (nSPS) is 11.7. The highest BCUT2D eigenvalue weighted by Gasteiger charge is 2.22. The van der Waals surface area contributed by atoms with Crippen molar-refractivity contribution in [2.24, 2.45) is 5.18 Å². The summed E-state index contributed by atoms with van der Waals surface area (Å²) in [5.41, 5.74) is 3.15. The molecule has 32 heavy (non-hydrogen) atoms. The van der Waals surface area contributed by atoms with E-state index in [9.17, 15) is 14.8 Å². The van der Waals surface area contributed by atoms with E-state index in [1.807, 2.05) is 61.5 Å². The van der Waals surface area contributed by atoms with Gasteiger partial charge in [0.1, 0.15) is 17.5 Å². The van der Waals surface area contributed by atoms with E-state index in [0.29, 0.717) is 22.9 Å². The molecule has 0 aliphatic rings. The maximum absolute atomic E-state index is 13.2. The molecule has 6 nitrogen and oxygen atoms in total. The van der Waals surface area contributed by atoms with Gasteiger partial charge in [0, 0.05) is 22.9 Å². The van der Waals surface area contributed by atoms with Gasteiger partial charge in [-0.2, -0.15) is 0 Å². The molecular formula is C26H23N3O3. The molecule has 4 aromatic rings. The van der Waals surface area contributed by atoms with Gasteiger partial charge in [-0.15, -0.1) is 4.91 Å². The van der Waals surface area contributed by atoms with Gasteiger partial charge >= 0.3 is 0 Å². The Bertz CT molecular complexity index is 1270. The molecule has 0 aliphatic heterocycles. The summed E-state index contributed by atoms with van der Waals surface area (Å²) in [5.74, 6) is -0.290. The maximum Gasteiger partial charge on any atom is 0.247 e. The lowest BCUT2D eigenvalue weighted by Gasteiger charge is -2.21. The van der Waals surface area contributed by atoms with Crippen LogP contribution in [0.15, 0.2) is 90.1 Å². The fourth-order valence-electron chi connectivity index (χ4n) is 3.73. The largest absolute Gasteiger partial charge is 0.505 e. The third-order valence-electron chi connectivity index (χ3n) is 5.31. The number of nitrogens with zero attached hydrogens (tertiary/aromatic N) is 1. The smallest absolute Gasteiger partial charge is 0.247 e. The van der Waals surface area contributed by atoms with E-state index in [1.54, 1.807) is 24.3 Å². The molecule has 0 bridgehead atoms. The molecule has 4 rings (SSSR count). The molecule has 6 heteroatoms. The van der Waals surface area contributed by atoms with Crippen molar-refractivity contribution in [2.75, 3.05) is 10.6 Å². The molecule has 0 radical (unpaired) electrons. The Hall–Kier alpha value is -4.19. The minimum Gasteiger partial charge on any atom is -0.505 e. The van der Waals surface area contributed by atoms with Gasteiger partial charge in [0.2, 0.25) is 5.91 Å². The van der Waals surface area contributed by atoms with E-state index in [4.69, 9.17) is 0 Å². The first-order valence-corrected chi connectivity index (χ1v) is 10.3. The van der Waals surface area contributed by atoms with Gasteiger partial charge in [-0.1, -0.05) is 66.7 Å². The van der Waals surface area contributed by atoms with E-state index < -0.39 is 6.04 Å². The SMILES string of the molecule is Cc1cccc(NC(=O)[C@@H](Cc2ccccc2)Nc2cc(N=O)c3ccccc3c2O)c1. The van der Waals surface area contributed by atoms with Gasteiger partial charge < -0.3 is 15.7 Å². The molecular weight excluding hydrogens is 402 g/mol. The molecule has 0 heterocycles. The van der Waals surface area contributed by atoms with Gasteiger partial charge in [-0.25, -0.2) is 0 Å². The van der Waals surface area contributed by atoms with Gasteiger partial charge in [0.05, 0.1) is 5.69 Å². The monoisotopic (exact) mass is 425 g/mol. The predicted octanol–water partition coefficient (Wildman–Crippen LogP) is 5.91. The van der Waals surface area contributed by atoms with Crippen LogP contribution in [0.4, 0.5) is 17.1 Å². The number of carbonyl (C=O) groups is 1. The van der Waals surface area contributed by atoms with E-state index in [2.05, 4.69) is 15.8 Å². The number of rotatable bonds is 7. The standard InChI is InChI=1S/C26H23N3O3/c1-17-8-7-11-19(14-17)27-26(31)24(15-18-9-3-2-4-10-18)28-23-16-22(29-32)20-12-5-6-13-21(20)25(23)30/h2-14,16,24,28,30H,15H2,1H3,(H,27,31)/t24-/m1/s1. The highest BCUT2D eigenvalue weighted by Crippen LogP contribution is 2.39. The first-order valence-electron chi connectivity index (χ1n) is 10.3. The van der Waals surface area contributed by atoms with Crippen molar-refractivity contribution in [3.8, 4) is 5.75 Å². The third kappa shape index (κ3) is 4.59. The number of phenolic OH excluding ortho intramolecular Hbond substituents is 1. The highest BCUT2D eigenvalue weighted by atomic mass is 16.3. The van der Waals surface area contributed by atoms with Crippen molar-refractivity contribution in [3.63, 3.8) is 0 Å². The van der Waals surface area contributed by atoms with E-state index >= 15 is 0 Å². The first-order chi connectivity index (χ1) is 15.5. The van der Waals surface area contributed by atoms with Gasteiger partial charge in [-0.05, 0) is 41.4 Å². The van der Waals surface area contributed by atoms with E-state index in [1.165, 1.54) is 6.07 Å². The predicted molar refractivity (Wildman–Crippen MR) is 128 cm³/mol. The molecule has 0 saturated carbocycles. The average Bonchev–Trinajstić information content (AvgIpc) is 2.81. The van der Waals surface area contributed by atoms with Crippen molar-refractivity contribution in [1.82, 2.24) is 0 Å². The molecule has 3 N–H and O–H groups in total. The number of phenols is 1. The molecule has 0 fully saturated rings. The van der Waals surface area contributed by atoms with Crippen molar-refractivity contribution in [2.45, 2.75) is 19.4 Å².